The molecule has 0 radical (unpaired) electrons. The van der Waals surface area contributed by atoms with Crippen LogP contribution in [-0.2, 0) is 11.2 Å². The largest absolute Gasteiger partial charge is 0.481 e. The number of pyridine rings is 1. The van der Waals surface area contributed by atoms with Crippen molar-refractivity contribution in [3.63, 3.8) is 0 Å². The van der Waals surface area contributed by atoms with Crippen LogP contribution < -0.4 is 0 Å². The minimum Gasteiger partial charge on any atom is -0.481 e. The monoisotopic (exact) mass is 342 g/mol. The summed E-state index contributed by atoms with van der Waals surface area (Å²) in [5.74, 6) is -0.807. The topological polar surface area (TPSA) is 54.6 Å². The van der Waals surface area contributed by atoms with Crippen LogP contribution in [0.1, 0.15) is 12.1 Å². The smallest absolute Gasteiger partial charge is 0.303 e. The number of rotatable bonds is 5. The third kappa shape index (κ3) is 3.09. The number of fused-ring (bicyclic) bond motifs is 1. The molecule has 4 aromatic rings. The third-order valence-electron chi connectivity index (χ3n) is 4.45. The summed E-state index contributed by atoms with van der Waals surface area (Å²) in [6.07, 6.45) is 2.55. The van der Waals surface area contributed by atoms with Crippen LogP contribution >= 0.6 is 0 Å². The van der Waals surface area contributed by atoms with Gasteiger partial charge in [0.2, 0.25) is 0 Å². The van der Waals surface area contributed by atoms with E-state index in [2.05, 4.69) is 12.1 Å². The first-order valence-corrected chi connectivity index (χ1v) is 8.56. The Morgan fingerprint density at radius 2 is 1.50 bits per heavy atom. The van der Waals surface area contributed by atoms with E-state index < -0.39 is 5.97 Å². The van der Waals surface area contributed by atoms with Gasteiger partial charge < -0.3 is 9.51 Å². The molecule has 0 amide bonds. The number of imidazole rings is 1. The van der Waals surface area contributed by atoms with Crippen molar-refractivity contribution in [2.45, 2.75) is 12.8 Å². The maximum absolute atomic E-state index is 11.1. The second-order valence-electron chi connectivity index (χ2n) is 6.18. The van der Waals surface area contributed by atoms with E-state index in [1.54, 1.807) is 0 Å². The molecule has 2 heterocycles. The highest BCUT2D eigenvalue weighted by atomic mass is 16.4. The molecule has 0 bridgehead atoms. The molecule has 0 saturated heterocycles. The molecule has 0 aliphatic rings. The molecule has 26 heavy (non-hydrogen) atoms. The van der Waals surface area contributed by atoms with Crippen molar-refractivity contribution in [3.8, 4) is 22.4 Å². The summed E-state index contributed by atoms with van der Waals surface area (Å²) in [5.41, 5.74) is 5.78. The quantitative estimate of drug-likeness (QED) is 0.573. The number of carbonyl (C=O) groups is 1. The predicted octanol–water partition coefficient (Wildman–Crippen LogP) is 4.69. The number of carboxylic acids is 1. The molecule has 0 unspecified atom stereocenters. The van der Waals surface area contributed by atoms with Crippen molar-refractivity contribution < 1.29 is 9.90 Å². The number of hydrogen-bond acceptors (Lipinski definition) is 2. The number of aryl methyl sites for hydroxylation is 1. The van der Waals surface area contributed by atoms with E-state index in [0.717, 1.165) is 33.7 Å². The Hall–Kier alpha value is -3.40. The Balaban J connectivity index is 1.88. The number of carboxylic acid groups (broad SMARTS) is 1. The Labute approximate surface area is 151 Å². The van der Waals surface area contributed by atoms with Crippen LogP contribution in [0, 0.1) is 0 Å². The average molecular weight is 342 g/mol. The van der Waals surface area contributed by atoms with Crippen LogP contribution in [0.4, 0.5) is 0 Å². The molecule has 0 fully saturated rings. The molecule has 2 aromatic heterocycles. The molecule has 0 saturated carbocycles. The molecule has 4 rings (SSSR count). The zero-order valence-corrected chi connectivity index (χ0v) is 14.2. The summed E-state index contributed by atoms with van der Waals surface area (Å²) in [4.78, 5) is 15.9. The highest BCUT2D eigenvalue weighted by Crippen LogP contribution is 2.28. The molecular weight excluding hydrogens is 324 g/mol. The molecule has 0 aliphatic carbocycles. The van der Waals surface area contributed by atoms with Gasteiger partial charge in [-0.05, 0) is 23.3 Å². The van der Waals surface area contributed by atoms with Crippen molar-refractivity contribution in [3.05, 3.63) is 84.7 Å². The van der Waals surface area contributed by atoms with Crippen LogP contribution in [0.15, 0.2) is 79.0 Å². The third-order valence-corrected chi connectivity index (χ3v) is 4.45. The lowest BCUT2D eigenvalue weighted by molar-refractivity contribution is -0.136. The fourth-order valence-corrected chi connectivity index (χ4v) is 3.19. The molecule has 128 valence electrons. The van der Waals surface area contributed by atoms with Gasteiger partial charge in [-0.1, -0.05) is 60.7 Å². The SMILES string of the molecule is O=C(O)CCc1c(-c2ccccc2)nc2ccc(-c3ccccc3)cn12. The molecule has 4 nitrogen and oxygen atoms in total. The van der Waals surface area contributed by atoms with Crippen LogP contribution in [0.2, 0.25) is 0 Å². The fourth-order valence-electron chi connectivity index (χ4n) is 3.19. The van der Waals surface area contributed by atoms with Gasteiger partial charge in [0.1, 0.15) is 5.65 Å². The molecule has 4 heteroatoms. The van der Waals surface area contributed by atoms with Crippen molar-refractivity contribution in [1.82, 2.24) is 9.38 Å². The van der Waals surface area contributed by atoms with Crippen LogP contribution in [0.5, 0.6) is 0 Å². The van der Waals surface area contributed by atoms with E-state index in [0.29, 0.717) is 6.42 Å². The zero-order valence-electron chi connectivity index (χ0n) is 14.2. The van der Waals surface area contributed by atoms with E-state index >= 15 is 0 Å². The summed E-state index contributed by atoms with van der Waals surface area (Å²) in [6.45, 7) is 0. The molecular formula is C22H18N2O2. The second kappa shape index (κ2) is 6.84. The summed E-state index contributed by atoms with van der Waals surface area (Å²) in [6, 6.07) is 24.1. The van der Waals surface area contributed by atoms with Gasteiger partial charge in [-0.2, -0.15) is 0 Å². The van der Waals surface area contributed by atoms with Crippen molar-refractivity contribution in [2.75, 3.05) is 0 Å². The Morgan fingerprint density at radius 1 is 0.846 bits per heavy atom. The van der Waals surface area contributed by atoms with E-state index in [9.17, 15) is 4.79 Å². The van der Waals surface area contributed by atoms with Gasteiger partial charge in [-0.15, -0.1) is 0 Å². The first-order valence-electron chi connectivity index (χ1n) is 8.56. The van der Waals surface area contributed by atoms with E-state index in [1.165, 1.54) is 0 Å². The van der Waals surface area contributed by atoms with E-state index in [1.807, 2.05) is 71.3 Å². The number of aromatic nitrogens is 2. The minimum absolute atomic E-state index is 0.0726. The number of nitrogens with zero attached hydrogens (tertiary/aromatic N) is 2. The number of hydrogen-bond donors (Lipinski definition) is 1. The first kappa shape index (κ1) is 16.1. The average Bonchev–Trinajstić information content (AvgIpc) is 3.05. The first-order chi connectivity index (χ1) is 12.7. The lowest BCUT2D eigenvalue weighted by atomic mass is 10.1. The molecule has 0 atom stereocenters. The molecule has 1 N–H and O–H groups in total. The zero-order chi connectivity index (χ0) is 17.9. The predicted molar refractivity (Wildman–Crippen MR) is 102 cm³/mol. The van der Waals surface area contributed by atoms with E-state index in [4.69, 9.17) is 10.1 Å². The fraction of sp³-hybridized carbons (Fsp3) is 0.0909. The maximum atomic E-state index is 11.1. The van der Waals surface area contributed by atoms with Gasteiger partial charge in [-0.25, -0.2) is 4.98 Å². The summed E-state index contributed by atoms with van der Waals surface area (Å²) in [5, 5.41) is 9.15. The Bertz CT molecular complexity index is 1050. The second-order valence-corrected chi connectivity index (χ2v) is 6.18. The molecule has 0 aliphatic heterocycles. The number of aliphatic carboxylic acids is 1. The summed E-state index contributed by atoms with van der Waals surface area (Å²) in [7, 11) is 0. The number of benzene rings is 2. The standard InChI is InChI=1S/C22H18N2O2/c25-21(26)14-12-19-22(17-9-5-2-6-10-17)23-20-13-11-18(15-24(19)20)16-7-3-1-4-8-16/h1-11,13,15H,12,14H2,(H,25,26). The summed E-state index contributed by atoms with van der Waals surface area (Å²) >= 11 is 0. The lowest BCUT2D eigenvalue weighted by Gasteiger charge is -2.06. The minimum atomic E-state index is -0.807. The normalized spacial score (nSPS) is 10.9. The van der Waals surface area contributed by atoms with Gasteiger partial charge in [0, 0.05) is 18.2 Å². The van der Waals surface area contributed by atoms with Crippen molar-refractivity contribution in [1.29, 1.82) is 0 Å². The van der Waals surface area contributed by atoms with Crippen molar-refractivity contribution >= 4 is 11.6 Å². The van der Waals surface area contributed by atoms with Crippen LogP contribution in [-0.4, -0.2) is 20.5 Å². The van der Waals surface area contributed by atoms with Gasteiger partial charge in [0.05, 0.1) is 17.8 Å². The Kier molecular flexibility index (Phi) is 4.23. The van der Waals surface area contributed by atoms with Crippen LogP contribution in [0.25, 0.3) is 28.0 Å². The highest BCUT2D eigenvalue weighted by molar-refractivity contribution is 5.72. The van der Waals surface area contributed by atoms with Crippen LogP contribution in [0.3, 0.4) is 0 Å². The maximum Gasteiger partial charge on any atom is 0.303 e. The van der Waals surface area contributed by atoms with E-state index in [-0.39, 0.29) is 6.42 Å². The molecule has 2 aromatic carbocycles. The highest BCUT2D eigenvalue weighted by Gasteiger charge is 2.15. The van der Waals surface area contributed by atoms with Crippen molar-refractivity contribution in [2.24, 2.45) is 0 Å². The Morgan fingerprint density at radius 3 is 2.15 bits per heavy atom. The van der Waals surface area contributed by atoms with Gasteiger partial charge in [0.25, 0.3) is 0 Å². The molecule has 0 spiro atoms. The van der Waals surface area contributed by atoms with Gasteiger partial charge >= 0.3 is 5.97 Å². The van der Waals surface area contributed by atoms with Gasteiger partial charge in [0.15, 0.2) is 0 Å². The lowest BCUT2D eigenvalue weighted by Crippen LogP contribution is -2.01. The van der Waals surface area contributed by atoms with Gasteiger partial charge in [-0.3, -0.25) is 4.79 Å². The summed E-state index contributed by atoms with van der Waals surface area (Å²) < 4.78 is 2.02.